The molecule has 1 amide bonds. The zero-order chi connectivity index (χ0) is 18.4. The van der Waals surface area contributed by atoms with Gasteiger partial charge in [0.05, 0.1) is 11.9 Å². The van der Waals surface area contributed by atoms with Crippen molar-refractivity contribution in [3.8, 4) is 0 Å². The Morgan fingerprint density at radius 2 is 1.81 bits per heavy atom. The third-order valence-corrected chi connectivity index (χ3v) is 4.73. The minimum atomic E-state index is -0.148. The summed E-state index contributed by atoms with van der Waals surface area (Å²) in [5, 5.41) is 2.87. The second-order valence-corrected chi connectivity index (χ2v) is 7.10. The first kappa shape index (κ1) is 18.2. The Hall–Kier alpha value is -2.62. The number of piperidine rings is 1. The molecule has 26 heavy (non-hydrogen) atoms. The predicted octanol–water partition coefficient (Wildman–Crippen LogP) is 4.85. The molecule has 2 heterocycles. The SMILES string of the molecule is CC(C)c1ccc(/C=C/C(=O)Nc2ccc(N3CCCCC3)nc2)cc1. The first-order chi connectivity index (χ1) is 12.6. The van der Waals surface area contributed by atoms with E-state index < -0.39 is 0 Å². The largest absolute Gasteiger partial charge is 0.357 e. The maximum atomic E-state index is 12.1. The molecule has 4 heteroatoms. The fourth-order valence-corrected chi connectivity index (χ4v) is 3.12. The zero-order valence-electron chi connectivity index (χ0n) is 15.6. The van der Waals surface area contributed by atoms with E-state index in [0.29, 0.717) is 5.92 Å². The minimum absolute atomic E-state index is 0.148. The molecule has 1 aromatic carbocycles. The number of carbonyl (C=O) groups excluding carboxylic acids is 1. The molecule has 1 saturated heterocycles. The van der Waals surface area contributed by atoms with Crippen LogP contribution in [0.5, 0.6) is 0 Å². The number of amides is 1. The Labute approximate surface area is 155 Å². The van der Waals surface area contributed by atoms with Crippen molar-refractivity contribution in [2.75, 3.05) is 23.3 Å². The van der Waals surface area contributed by atoms with E-state index in [0.717, 1.165) is 30.2 Å². The van der Waals surface area contributed by atoms with Gasteiger partial charge in [0.1, 0.15) is 5.82 Å². The highest BCUT2D eigenvalue weighted by Gasteiger charge is 2.11. The Kier molecular flexibility index (Phi) is 6.05. The summed E-state index contributed by atoms with van der Waals surface area (Å²) in [4.78, 5) is 18.9. The quantitative estimate of drug-likeness (QED) is 0.785. The van der Waals surface area contributed by atoms with Crippen molar-refractivity contribution < 1.29 is 4.79 Å². The van der Waals surface area contributed by atoms with Crippen LogP contribution in [-0.4, -0.2) is 24.0 Å². The van der Waals surface area contributed by atoms with Gasteiger partial charge in [0.25, 0.3) is 0 Å². The molecule has 1 aliphatic heterocycles. The summed E-state index contributed by atoms with van der Waals surface area (Å²) in [5.41, 5.74) is 3.03. The van der Waals surface area contributed by atoms with Gasteiger partial charge in [-0.15, -0.1) is 0 Å². The number of rotatable bonds is 5. The summed E-state index contributed by atoms with van der Waals surface area (Å²) in [5.74, 6) is 1.35. The Morgan fingerprint density at radius 3 is 2.42 bits per heavy atom. The summed E-state index contributed by atoms with van der Waals surface area (Å²) in [6.45, 7) is 6.47. The number of hydrogen-bond acceptors (Lipinski definition) is 3. The van der Waals surface area contributed by atoms with Crippen LogP contribution in [0.1, 0.15) is 50.2 Å². The number of aromatic nitrogens is 1. The molecule has 136 valence electrons. The molecule has 0 bridgehead atoms. The van der Waals surface area contributed by atoms with Crippen LogP contribution in [0.4, 0.5) is 11.5 Å². The average Bonchev–Trinajstić information content (AvgIpc) is 2.68. The fraction of sp³-hybridized carbons (Fsp3) is 0.364. The van der Waals surface area contributed by atoms with Crippen molar-refractivity contribution >= 4 is 23.5 Å². The van der Waals surface area contributed by atoms with Gasteiger partial charge in [-0.3, -0.25) is 4.79 Å². The molecule has 0 saturated carbocycles. The van der Waals surface area contributed by atoms with Crippen molar-refractivity contribution in [2.45, 2.75) is 39.0 Å². The maximum absolute atomic E-state index is 12.1. The van der Waals surface area contributed by atoms with Gasteiger partial charge < -0.3 is 10.2 Å². The molecule has 2 aromatic rings. The lowest BCUT2D eigenvalue weighted by Gasteiger charge is -2.27. The second kappa shape index (κ2) is 8.65. The number of hydrogen-bond donors (Lipinski definition) is 1. The standard InChI is InChI=1S/C22H27N3O/c1-17(2)19-9-6-18(7-10-19)8-13-22(26)24-20-11-12-21(23-16-20)25-14-4-3-5-15-25/h6-13,16-17H,3-5,14-15H2,1-2H3,(H,24,26)/b13-8+. The molecule has 0 aliphatic carbocycles. The smallest absolute Gasteiger partial charge is 0.248 e. The summed E-state index contributed by atoms with van der Waals surface area (Å²) >= 11 is 0. The molecule has 1 aliphatic rings. The van der Waals surface area contributed by atoms with Crippen LogP contribution in [0.2, 0.25) is 0 Å². The molecular formula is C22H27N3O. The van der Waals surface area contributed by atoms with Gasteiger partial charge in [-0.2, -0.15) is 0 Å². The number of pyridine rings is 1. The van der Waals surface area contributed by atoms with E-state index in [4.69, 9.17) is 0 Å². The lowest BCUT2D eigenvalue weighted by molar-refractivity contribution is -0.111. The van der Waals surface area contributed by atoms with Gasteiger partial charge >= 0.3 is 0 Å². The number of anilines is 2. The van der Waals surface area contributed by atoms with Gasteiger partial charge in [-0.25, -0.2) is 4.98 Å². The van der Waals surface area contributed by atoms with Crippen molar-refractivity contribution in [3.63, 3.8) is 0 Å². The molecule has 0 spiro atoms. The average molecular weight is 349 g/mol. The Morgan fingerprint density at radius 1 is 1.08 bits per heavy atom. The van der Waals surface area contributed by atoms with Crippen LogP contribution in [0, 0.1) is 0 Å². The van der Waals surface area contributed by atoms with Gasteiger partial charge in [-0.1, -0.05) is 38.1 Å². The third kappa shape index (κ3) is 4.94. The van der Waals surface area contributed by atoms with Crippen LogP contribution in [0.15, 0.2) is 48.7 Å². The van der Waals surface area contributed by atoms with Crippen molar-refractivity contribution in [1.29, 1.82) is 0 Å². The van der Waals surface area contributed by atoms with Gasteiger partial charge in [-0.05, 0) is 54.5 Å². The van der Waals surface area contributed by atoms with E-state index in [1.54, 1.807) is 12.3 Å². The van der Waals surface area contributed by atoms with E-state index in [1.807, 2.05) is 30.3 Å². The Bertz CT molecular complexity index is 742. The van der Waals surface area contributed by atoms with Crippen molar-refractivity contribution in [2.24, 2.45) is 0 Å². The van der Waals surface area contributed by atoms with Gasteiger partial charge in [0, 0.05) is 19.2 Å². The molecular weight excluding hydrogens is 322 g/mol. The topological polar surface area (TPSA) is 45.2 Å². The van der Waals surface area contributed by atoms with Gasteiger partial charge in [0.2, 0.25) is 5.91 Å². The lowest BCUT2D eigenvalue weighted by atomic mass is 10.0. The van der Waals surface area contributed by atoms with E-state index in [-0.39, 0.29) is 5.91 Å². The van der Waals surface area contributed by atoms with E-state index in [2.05, 4.69) is 41.2 Å². The highest BCUT2D eigenvalue weighted by Crippen LogP contribution is 2.19. The molecule has 4 nitrogen and oxygen atoms in total. The monoisotopic (exact) mass is 349 g/mol. The second-order valence-electron chi connectivity index (χ2n) is 7.10. The zero-order valence-corrected chi connectivity index (χ0v) is 15.6. The van der Waals surface area contributed by atoms with Crippen LogP contribution in [0.25, 0.3) is 6.08 Å². The number of nitrogens with zero attached hydrogens (tertiary/aromatic N) is 2. The van der Waals surface area contributed by atoms with Gasteiger partial charge in [0.15, 0.2) is 0 Å². The Balaban J connectivity index is 1.55. The molecule has 0 unspecified atom stereocenters. The summed E-state index contributed by atoms with van der Waals surface area (Å²) in [7, 11) is 0. The van der Waals surface area contributed by atoms with E-state index in [9.17, 15) is 4.79 Å². The van der Waals surface area contributed by atoms with Crippen LogP contribution in [0.3, 0.4) is 0 Å². The highest BCUT2D eigenvalue weighted by atomic mass is 16.1. The van der Waals surface area contributed by atoms with Crippen LogP contribution >= 0.6 is 0 Å². The minimum Gasteiger partial charge on any atom is -0.357 e. The van der Waals surface area contributed by atoms with Crippen LogP contribution in [-0.2, 0) is 4.79 Å². The molecule has 1 aromatic heterocycles. The lowest BCUT2D eigenvalue weighted by Crippen LogP contribution is -2.30. The molecule has 1 fully saturated rings. The van der Waals surface area contributed by atoms with E-state index in [1.165, 1.54) is 24.8 Å². The van der Waals surface area contributed by atoms with E-state index >= 15 is 0 Å². The van der Waals surface area contributed by atoms with Crippen molar-refractivity contribution in [3.05, 3.63) is 59.8 Å². The van der Waals surface area contributed by atoms with Crippen molar-refractivity contribution in [1.82, 2.24) is 4.98 Å². The molecule has 1 N–H and O–H groups in total. The molecule has 0 radical (unpaired) electrons. The first-order valence-corrected chi connectivity index (χ1v) is 9.42. The molecule has 3 rings (SSSR count). The molecule has 0 atom stereocenters. The van der Waals surface area contributed by atoms with Crippen LogP contribution < -0.4 is 10.2 Å². The highest BCUT2D eigenvalue weighted by molar-refractivity contribution is 6.01. The number of benzene rings is 1. The number of nitrogens with one attached hydrogen (secondary N) is 1. The maximum Gasteiger partial charge on any atom is 0.248 e. The fourth-order valence-electron chi connectivity index (χ4n) is 3.12. The predicted molar refractivity (Wildman–Crippen MR) is 108 cm³/mol. The first-order valence-electron chi connectivity index (χ1n) is 9.42. The normalized spacial score (nSPS) is 14.8. The summed E-state index contributed by atoms with van der Waals surface area (Å²) < 4.78 is 0. The number of carbonyl (C=O) groups is 1. The third-order valence-electron chi connectivity index (χ3n) is 4.73. The summed E-state index contributed by atoms with van der Waals surface area (Å²) in [6.07, 6.45) is 8.87. The summed E-state index contributed by atoms with van der Waals surface area (Å²) in [6, 6.07) is 12.2.